The molecule has 6 heteroatoms. The molecule has 0 atom stereocenters. The fourth-order valence-corrected chi connectivity index (χ4v) is 2.39. The minimum absolute atomic E-state index is 0.339. The summed E-state index contributed by atoms with van der Waals surface area (Å²) in [5, 5.41) is 2.67. The summed E-state index contributed by atoms with van der Waals surface area (Å²) in [6, 6.07) is 7.33. The average Bonchev–Trinajstić information content (AvgIpc) is 2.72. The van der Waals surface area contributed by atoms with Gasteiger partial charge in [-0.15, -0.1) is 0 Å². The fraction of sp³-hybridized carbons (Fsp3) is 0.250. The van der Waals surface area contributed by atoms with Gasteiger partial charge in [-0.1, -0.05) is 0 Å². The van der Waals surface area contributed by atoms with E-state index in [1.807, 2.05) is 12.1 Å². The summed E-state index contributed by atoms with van der Waals surface area (Å²) in [6.07, 6.45) is 0. The van der Waals surface area contributed by atoms with E-state index in [4.69, 9.17) is 9.15 Å². The van der Waals surface area contributed by atoms with Gasteiger partial charge in [-0.25, -0.2) is 4.79 Å². The Morgan fingerprint density at radius 2 is 1.77 bits per heavy atom. The number of esters is 1. The Morgan fingerprint density at radius 3 is 2.32 bits per heavy atom. The summed E-state index contributed by atoms with van der Waals surface area (Å²) < 4.78 is 11.5. The first-order valence-electron chi connectivity index (χ1n) is 6.67. The second kappa shape index (κ2) is 6.95. The Balaban J connectivity index is 1.93. The Bertz CT molecular complexity index is 704. The van der Waals surface area contributed by atoms with Gasteiger partial charge in [0, 0.05) is 14.8 Å². The molecule has 1 aromatic carbocycles. The van der Waals surface area contributed by atoms with Crippen molar-refractivity contribution in [2.24, 2.45) is 0 Å². The number of aryl methyl sites for hydroxylation is 2. The van der Waals surface area contributed by atoms with Crippen molar-refractivity contribution < 1.29 is 18.7 Å². The number of rotatable bonds is 4. The van der Waals surface area contributed by atoms with Gasteiger partial charge in [0.1, 0.15) is 17.1 Å². The molecule has 0 aliphatic heterocycles. The van der Waals surface area contributed by atoms with Crippen LogP contribution >= 0.6 is 22.6 Å². The fourth-order valence-electron chi connectivity index (χ4n) is 2.03. The second-order valence-electron chi connectivity index (χ2n) is 4.85. The van der Waals surface area contributed by atoms with E-state index in [0.29, 0.717) is 22.8 Å². The Labute approximate surface area is 142 Å². The lowest BCUT2D eigenvalue weighted by atomic mass is 10.1. The molecular weight excluding hydrogens is 397 g/mol. The van der Waals surface area contributed by atoms with Crippen LogP contribution in [-0.4, -0.2) is 18.5 Å². The molecule has 2 aromatic rings. The predicted octanol–water partition coefficient (Wildman–Crippen LogP) is 3.60. The van der Waals surface area contributed by atoms with Crippen molar-refractivity contribution in [3.05, 3.63) is 50.5 Å². The molecule has 5 nitrogen and oxygen atoms in total. The van der Waals surface area contributed by atoms with Gasteiger partial charge >= 0.3 is 5.97 Å². The zero-order valence-corrected chi connectivity index (χ0v) is 14.7. The van der Waals surface area contributed by atoms with Gasteiger partial charge < -0.3 is 14.5 Å². The molecule has 2 rings (SSSR count). The summed E-state index contributed by atoms with van der Waals surface area (Å²) in [6.45, 7) is 4.92. The first kappa shape index (κ1) is 16.5. The molecule has 116 valence electrons. The van der Waals surface area contributed by atoms with Crippen LogP contribution in [0.25, 0.3) is 0 Å². The van der Waals surface area contributed by atoms with Crippen molar-refractivity contribution in [1.82, 2.24) is 0 Å². The third-order valence-electron chi connectivity index (χ3n) is 3.23. The quantitative estimate of drug-likeness (QED) is 0.615. The minimum atomic E-state index is -0.551. The molecular formula is C16H16INO4. The van der Waals surface area contributed by atoms with Crippen LogP contribution < -0.4 is 5.32 Å². The lowest BCUT2D eigenvalue weighted by Crippen LogP contribution is -2.21. The summed E-state index contributed by atoms with van der Waals surface area (Å²) in [7, 11) is 0. The number of carbonyl (C=O) groups excluding carboxylic acids is 2. The summed E-state index contributed by atoms with van der Waals surface area (Å²) >= 11 is 2.18. The Morgan fingerprint density at radius 1 is 1.14 bits per heavy atom. The van der Waals surface area contributed by atoms with E-state index in [1.165, 1.54) is 0 Å². The lowest BCUT2D eigenvalue weighted by Gasteiger charge is -2.07. The zero-order valence-electron chi connectivity index (χ0n) is 12.5. The maximum atomic E-state index is 12.0. The van der Waals surface area contributed by atoms with Crippen LogP contribution in [0.5, 0.6) is 0 Å². The molecule has 0 spiro atoms. The number of anilines is 1. The topological polar surface area (TPSA) is 68.5 Å². The standard InChI is InChI=1S/C16H16INO4/c1-9-10(2)22-11(3)15(9)16(20)21-8-14(19)18-13-6-4-12(17)5-7-13/h4-7H,8H2,1-3H3,(H,18,19). The van der Waals surface area contributed by atoms with Gasteiger partial charge in [-0.3, -0.25) is 4.79 Å². The van der Waals surface area contributed by atoms with E-state index in [1.54, 1.807) is 32.9 Å². The Kier molecular flexibility index (Phi) is 5.23. The van der Waals surface area contributed by atoms with E-state index in [-0.39, 0.29) is 12.5 Å². The lowest BCUT2D eigenvalue weighted by molar-refractivity contribution is -0.119. The van der Waals surface area contributed by atoms with Crippen LogP contribution in [0.2, 0.25) is 0 Å². The van der Waals surface area contributed by atoms with E-state index in [0.717, 1.165) is 9.13 Å². The van der Waals surface area contributed by atoms with Gasteiger partial charge in [-0.2, -0.15) is 0 Å². The maximum absolute atomic E-state index is 12.0. The highest BCUT2D eigenvalue weighted by molar-refractivity contribution is 14.1. The van der Waals surface area contributed by atoms with Crippen molar-refractivity contribution >= 4 is 40.2 Å². The number of hydrogen-bond donors (Lipinski definition) is 1. The number of halogens is 1. The highest BCUT2D eigenvalue weighted by Gasteiger charge is 2.20. The molecule has 1 aromatic heterocycles. The highest BCUT2D eigenvalue weighted by Crippen LogP contribution is 2.21. The number of benzene rings is 1. The van der Waals surface area contributed by atoms with Crippen molar-refractivity contribution in [2.45, 2.75) is 20.8 Å². The molecule has 0 fully saturated rings. The third kappa shape index (κ3) is 3.88. The minimum Gasteiger partial charge on any atom is -0.465 e. The van der Waals surface area contributed by atoms with Gasteiger partial charge in [0.2, 0.25) is 0 Å². The van der Waals surface area contributed by atoms with Gasteiger partial charge in [0.05, 0.1) is 0 Å². The van der Waals surface area contributed by atoms with Crippen LogP contribution in [0, 0.1) is 24.3 Å². The zero-order chi connectivity index (χ0) is 16.3. The van der Waals surface area contributed by atoms with E-state index in [9.17, 15) is 9.59 Å². The summed E-state index contributed by atoms with van der Waals surface area (Å²) in [5.41, 5.74) is 1.79. The smallest absolute Gasteiger partial charge is 0.342 e. The summed E-state index contributed by atoms with van der Waals surface area (Å²) in [5.74, 6) is 0.237. The third-order valence-corrected chi connectivity index (χ3v) is 3.95. The monoisotopic (exact) mass is 413 g/mol. The molecule has 0 aliphatic carbocycles. The number of amides is 1. The van der Waals surface area contributed by atoms with Crippen LogP contribution in [0.4, 0.5) is 5.69 Å². The maximum Gasteiger partial charge on any atom is 0.342 e. The number of furan rings is 1. The molecule has 1 N–H and O–H groups in total. The van der Waals surface area contributed by atoms with Crippen molar-refractivity contribution in [3.63, 3.8) is 0 Å². The second-order valence-corrected chi connectivity index (χ2v) is 6.09. The normalized spacial score (nSPS) is 10.4. The SMILES string of the molecule is Cc1oc(C)c(C(=O)OCC(=O)Nc2ccc(I)cc2)c1C. The molecule has 0 saturated carbocycles. The van der Waals surface area contributed by atoms with E-state index < -0.39 is 5.97 Å². The number of hydrogen-bond acceptors (Lipinski definition) is 4. The molecule has 1 heterocycles. The van der Waals surface area contributed by atoms with Crippen LogP contribution in [0.1, 0.15) is 27.4 Å². The number of nitrogens with one attached hydrogen (secondary N) is 1. The van der Waals surface area contributed by atoms with Crippen LogP contribution in [-0.2, 0) is 9.53 Å². The van der Waals surface area contributed by atoms with E-state index >= 15 is 0 Å². The van der Waals surface area contributed by atoms with Crippen LogP contribution in [0.15, 0.2) is 28.7 Å². The van der Waals surface area contributed by atoms with Gasteiger partial charge in [0.25, 0.3) is 5.91 Å². The number of ether oxygens (including phenoxy) is 1. The molecule has 0 aliphatic rings. The molecule has 22 heavy (non-hydrogen) atoms. The van der Waals surface area contributed by atoms with Crippen molar-refractivity contribution in [1.29, 1.82) is 0 Å². The molecule has 0 saturated heterocycles. The molecule has 0 unspecified atom stereocenters. The number of carbonyl (C=O) groups is 2. The largest absolute Gasteiger partial charge is 0.465 e. The molecule has 0 radical (unpaired) electrons. The van der Waals surface area contributed by atoms with Gasteiger partial charge in [-0.05, 0) is 67.6 Å². The van der Waals surface area contributed by atoms with Crippen molar-refractivity contribution in [3.8, 4) is 0 Å². The Hall–Kier alpha value is -1.83. The summed E-state index contributed by atoms with van der Waals surface area (Å²) in [4.78, 5) is 23.8. The highest BCUT2D eigenvalue weighted by atomic mass is 127. The molecule has 1 amide bonds. The average molecular weight is 413 g/mol. The predicted molar refractivity (Wildman–Crippen MR) is 91.0 cm³/mol. The molecule has 0 bridgehead atoms. The van der Waals surface area contributed by atoms with Gasteiger partial charge in [0.15, 0.2) is 6.61 Å². The van der Waals surface area contributed by atoms with E-state index in [2.05, 4.69) is 27.9 Å². The van der Waals surface area contributed by atoms with Crippen molar-refractivity contribution in [2.75, 3.05) is 11.9 Å². The first-order chi connectivity index (χ1) is 10.4. The first-order valence-corrected chi connectivity index (χ1v) is 7.75. The van der Waals surface area contributed by atoms with Crippen LogP contribution in [0.3, 0.4) is 0 Å².